The van der Waals surface area contributed by atoms with E-state index in [0.29, 0.717) is 16.5 Å². The lowest BCUT2D eigenvalue weighted by Gasteiger charge is -2.15. The zero-order valence-corrected chi connectivity index (χ0v) is 16.9. The fraction of sp³-hybridized carbons (Fsp3) is 0.273. The van der Waals surface area contributed by atoms with Gasteiger partial charge in [0.25, 0.3) is 5.91 Å². The summed E-state index contributed by atoms with van der Waals surface area (Å²) in [7, 11) is 0. The van der Waals surface area contributed by atoms with Gasteiger partial charge in [0.2, 0.25) is 0 Å². The molecule has 146 valence electrons. The second kappa shape index (κ2) is 9.53. The predicted octanol–water partition coefficient (Wildman–Crippen LogP) is 4.52. The summed E-state index contributed by atoms with van der Waals surface area (Å²) in [6.07, 6.45) is 3.84. The van der Waals surface area contributed by atoms with Crippen LogP contribution in [0.1, 0.15) is 28.7 Å². The maximum Gasteiger partial charge on any atom is 0.257 e. The van der Waals surface area contributed by atoms with Gasteiger partial charge in [0.15, 0.2) is 0 Å². The van der Waals surface area contributed by atoms with Crippen LogP contribution < -0.4 is 10.6 Å². The Morgan fingerprint density at radius 2 is 2.04 bits per heavy atom. The molecule has 1 amide bonds. The zero-order chi connectivity index (χ0) is 19.9. The SMILES string of the molecule is Cc1nccn1CC(C)CNCc1cccc(NC(=O)c2ccccc2Cl)c1. The lowest BCUT2D eigenvalue weighted by Crippen LogP contribution is -2.24. The molecule has 0 saturated heterocycles. The Morgan fingerprint density at radius 1 is 1.21 bits per heavy atom. The van der Waals surface area contributed by atoms with Gasteiger partial charge in [-0.3, -0.25) is 4.79 Å². The highest BCUT2D eigenvalue weighted by Gasteiger charge is 2.10. The van der Waals surface area contributed by atoms with Crippen LogP contribution in [0.2, 0.25) is 5.02 Å². The monoisotopic (exact) mass is 396 g/mol. The molecule has 5 nitrogen and oxygen atoms in total. The van der Waals surface area contributed by atoms with Crippen LogP contribution in [0.25, 0.3) is 0 Å². The minimum absolute atomic E-state index is 0.208. The van der Waals surface area contributed by atoms with Crippen molar-refractivity contribution in [3.8, 4) is 0 Å². The number of benzene rings is 2. The Morgan fingerprint density at radius 3 is 2.79 bits per heavy atom. The fourth-order valence-corrected chi connectivity index (χ4v) is 3.28. The van der Waals surface area contributed by atoms with Crippen LogP contribution in [0.5, 0.6) is 0 Å². The number of aryl methyl sites for hydroxylation is 1. The maximum absolute atomic E-state index is 12.4. The Hall–Kier alpha value is -2.63. The van der Waals surface area contributed by atoms with Crippen molar-refractivity contribution in [3.63, 3.8) is 0 Å². The van der Waals surface area contributed by atoms with E-state index in [1.807, 2.05) is 43.6 Å². The number of carbonyl (C=O) groups is 1. The molecular weight excluding hydrogens is 372 g/mol. The van der Waals surface area contributed by atoms with E-state index in [-0.39, 0.29) is 5.91 Å². The molecule has 1 atom stereocenters. The Balaban J connectivity index is 1.51. The van der Waals surface area contributed by atoms with Gasteiger partial charge >= 0.3 is 0 Å². The van der Waals surface area contributed by atoms with Crippen molar-refractivity contribution in [1.29, 1.82) is 0 Å². The van der Waals surface area contributed by atoms with E-state index >= 15 is 0 Å². The Labute approximate surface area is 170 Å². The number of nitrogens with one attached hydrogen (secondary N) is 2. The molecule has 0 fully saturated rings. The highest BCUT2D eigenvalue weighted by atomic mass is 35.5. The van der Waals surface area contributed by atoms with Gasteiger partial charge in [-0.2, -0.15) is 0 Å². The van der Waals surface area contributed by atoms with Crippen molar-refractivity contribution in [2.24, 2.45) is 5.92 Å². The summed E-state index contributed by atoms with van der Waals surface area (Å²) >= 11 is 6.10. The molecule has 2 N–H and O–H groups in total. The number of amides is 1. The molecule has 3 rings (SSSR count). The normalized spacial score (nSPS) is 12.0. The van der Waals surface area contributed by atoms with Crippen molar-refractivity contribution in [1.82, 2.24) is 14.9 Å². The molecule has 0 spiro atoms. The lowest BCUT2D eigenvalue weighted by atomic mass is 10.1. The first-order valence-corrected chi connectivity index (χ1v) is 9.74. The molecule has 2 aromatic carbocycles. The maximum atomic E-state index is 12.4. The number of anilines is 1. The summed E-state index contributed by atoms with van der Waals surface area (Å²) in [5.41, 5.74) is 2.34. The molecule has 0 aliphatic heterocycles. The third kappa shape index (κ3) is 5.44. The molecule has 1 unspecified atom stereocenters. The summed E-state index contributed by atoms with van der Waals surface area (Å²) in [5.74, 6) is 1.31. The van der Waals surface area contributed by atoms with Crippen LogP contribution in [0.3, 0.4) is 0 Å². The van der Waals surface area contributed by atoms with Crippen molar-refractivity contribution < 1.29 is 4.79 Å². The zero-order valence-electron chi connectivity index (χ0n) is 16.2. The van der Waals surface area contributed by atoms with E-state index in [2.05, 4.69) is 27.1 Å². The molecule has 3 aromatic rings. The Bertz CT molecular complexity index is 938. The Kier molecular flexibility index (Phi) is 6.85. The second-order valence-corrected chi connectivity index (χ2v) is 7.40. The number of rotatable bonds is 8. The molecule has 0 bridgehead atoms. The summed E-state index contributed by atoms with van der Waals surface area (Å²) in [5, 5.41) is 6.84. The molecule has 0 saturated carbocycles. The number of aromatic nitrogens is 2. The summed E-state index contributed by atoms with van der Waals surface area (Å²) in [6, 6.07) is 14.9. The number of imidazole rings is 1. The lowest BCUT2D eigenvalue weighted by molar-refractivity contribution is 0.102. The molecule has 1 aromatic heterocycles. The molecule has 0 aliphatic carbocycles. The molecule has 0 radical (unpaired) electrons. The molecule has 28 heavy (non-hydrogen) atoms. The van der Waals surface area contributed by atoms with Gasteiger partial charge < -0.3 is 15.2 Å². The fourth-order valence-electron chi connectivity index (χ4n) is 3.06. The minimum atomic E-state index is -0.208. The van der Waals surface area contributed by atoms with Gasteiger partial charge in [0.1, 0.15) is 5.82 Å². The quantitative estimate of drug-likeness (QED) is 0.588. The van der Waals surface area contributed by atoms with E-state index in [1.165, 1.54) is 0 Å². The third-order valence-electron chi connectivity index (χ3n) is 4.56. The predicted molar refractivity (Wildman–Crippen MR) is 114 cm³/mol. The van der Waals surface area contributed by atoms with E-state index < -0.39 is 0 Å². The number of hydrogen-bond acceptors (Lipinski definition) is 3. The van der Waals surface area contributed by atoms with Crippen LogP contribution >= 0.6 is 11.6 Å². The minimum Gasteiger partial charge on any atom is -0.335 e. The van der Waals surface area contributed by atoms with Crippen molar-refractivity contribution >= 4 is 23.2 Å². The number of halogens is 1. The van der Waals surface area contributed by atoms with E-state index in [4.69, 9.17) is 11.6 Å². The second-order valence-electron chi connectivity index (χ2n) is 7.00. The van der Waals surface area contributed by atoms with Gasteiger partial charge in [-0.1, -0.05) is 42.8 Å². The van der Waals surface area contributed by atoms with Crippen molar-refractivity contribution in [2.75, 3.05) is 11.9 Å². The summed E-state index contributed by atoms with van der Waals surface area (Å²) in [6.45, 7) is 6.80. The topological polar surface area (TPSA) is 59.0 Å². The average molecular weight is 397 g/mol. The van der Waals surface area contributed by atoms with Gasteiger partial charge in [0.05, 0.1) is 10.6 Å². The van der Waals surface area contributed by atoms with E-state index in [0.717, 1.165) is 36.7 Å². The first-order valence-electron chi connectivity index (χ1n) is 9.36. The van der Waals surface area contributed by atoms with E-state index in [1.54, 1.807) is 24.3 Å². The van der Waals surface area contributed by atoms with Crippen molar-refractivity contribution in [3.05, 3.63) is 82.9 Å². The molecular formula is C22H25ClN4O. The molecule has 0 aliphatic rings. The largest absolute Gasteiger partial charge is 0.335 e. The summed E-state index contributed by atoms with van der Waals surface area (Å²) in [4.78, 5) is 16.7. The highest BCUT2D eigenvalue weighted by Crippen LogP contribution is 2.18. The molecule has 1 heterocycles. The first kappa shape index (κ1) is 20.1. The average Bonchev–Trinajstić information content (AvgIpc) is 3.07. The number of hydrogen-bond donors (Lipinski definition) is 2. The van der Waals surface area contributed by atoms with Gasteiger partial charge in [0, 0.05) is 31.2 Å². The number of carbonyl (C=O) groups excluding carboxylic acids is 1. The summed E-state index contributed by atoms with van der Waals surface area (Å²) < 4.78 is 2.16. The van der Waals surface area contributed by atoms with Crippen molar-refractivity contribution in [2.45, 2.75) is 26.9 Å². The standard InChI is InChI=1S/C22H25ClN4O/c1-16(15-27-11-10-25-17(27)2)13-24-14-18-6-5-7-19(12-18)26-22(28)20-8-3-4-9-21(20)23/h3-12,16,24H,13-15H2,1-2H3,(H,26,28). The van der Waals surface area contributed by atoms with Crippen LogP contribution in [0.4, 0.5) is 5.69 Å². The van der Waals surface area contributed by atoms with Gasteiger partial charge in [-0.25, -0.2) is 4.98 Å². The third-order valence-corrected chi connectivity index (χ3v) is 4.89. The smallest absolute Gasteiger partial charge is 0.257 e. The van der Waals surface area contributed by atoms with Crippen LogP contribution in [-0.2, 0) is 13.1 Å². The van der Waals surface area contributed by atoms with Gasteiger partial charge in [-0.15, -0.1) is 0 Å². The van der Waals surface area contributed by atoms with Crippen LogP contribution in [-0.4, -0.2) is 22.0 Å². The van der Waals surface area contributed by atoms with Gasteiger partial charge in [-0.05, 0) is 49.2 Å². The highest BCUT2D eigenvalue weighted by molar-refractivity contribution is 6.34. The first-order chi connectivity index (χ1) is 13.5. The van der Waals surface area contributed by atoms with E-state index in [9.17, 15) is 4.79 Å². The van der Waals surface area contributed by atoms with Crippen LogP contribution in [0.15, 0.2) is 60.9 Å². The number of nitrogens with zero attached hydrogens (tertiary/aromatic N) is 2. The van der Waals surface area contributed by atoms with Crippen LogP contribution in [0, 0.1) is 12.8 Å². The molecule has 6 heteroatoms.